The lowest BCUT2D eigenvalue weighted by Crippen LogP contribution is -2.55. The van der Waals surface area contributed by atoms with Gasteiger partial charge in [0.25, 0.3) is 0 Å². The summed E-state index contributed by atoms with van der Waals surface area (Å²) in [6.07, 6.45) is -1.00. The summed E-state index contributed by atoms with van der Waals surface area (Å²) >= 11 is 0. The third kappa shape index (κ3) is 5.59. The number of ketones is 1. The Kier molecular flexibility index (Phi) is 8.72. The Morgan fingerprint density at radius 2 is 1.50 bits per heavy atom. The maximum atomic E-state index is 13.2. The summed E-state index contributed by atoms with van der Waals surface area (Å²) < 4.78 is 27.5. The van der Waals surface area contributed by atoms with Crippen molar-refractivity contribution in [3.63, 3.8) is 0 Å². The number of ether oxygens (including phenoxy) is 3. The van der Waals surface area contributed by atoms with Crippen LogP contribution in [-0.2, 0) is 28.6 Å². The number of aliphatic hydroxyl groups is 1. The standard InChI is InChI=1S/C19H23FO8/c1-4-26-14(21)11-19(25,18(24)28-6-3)15(17(23)27-5-2)16(22)12-7-9-13(20)10-8-12/h7-10,15,25H,4-6,11H2,1-3H3. The molecule has 0 radical (unpaired) electrons. The summed E-state index contributed by atoms with van der Waals surface area (Å²) in [7, 11) is 0. The third-order valence-corrected chi connectivity index (χ3v) is 3.74. The zero-order chi connectivity index (χ0) is 21.3. The Morgan fingerprint density at radius 3 is 2.00 bits per heavy atom. The van der Waals surface area contributed by atoms with Gasteiger partial charge in [-0.05, 0) is 45.0 Å². The van der Waals surface area contributed by atoms with Gasteiger partial charge in [0.1, 0.15) is 5.82 Å². The molecule has 0 aromatic heterocycles. The summed E-state index contributed by atoms with van der Waals surface area (Å²) in [5.41, 5.74) is -3.02. The van der Waals surface area contributed by atoms with E-state index in [1.807, 2.05) is 0 Å². The van der Waals surface area contributed by atoms with E-state index in [9.17, 15) is 28.7 Å². The molecule has 1 N–H and O–H groups in total. The fourth-order valence-electron chi connectivity index (χ4n) is 2.51. The Morgan fingerprint density at radius 1 is 0.964 bits per heavy atom. The second-order valence-corrected chi connectivity index (χ2v) is 5.68. The summed E-state index contributed by atoms with van der Waals surface area (Å²) in [5.74, 6) is -7.36. The number of carbonyl (C=O) groups excluding carboxylic acids is 4. The van der Waals surface area contributed by atoms with Crippen LogP contribution in [0.3, 0.4) is 0 Å². The summed E-state index contributed by atoms with van der Waals surface area (Å²) in [6, 6.07) is 4.12. The average molecular weight is 398 g/mol. The Balaban J connectivity index is 3.46. The Hall–Kier alpha value is -2.81. The number of hydrogen-bond acceptors (Lipinski definition) is 8. The van der Waals surface area contributed by atoms with Crippen molar-refractivity contribution in [1.29, 1.82) is 0 Å². The molecule has 0 bridgehead atoms. The quantitative estimate of drug-likeness (QED) is 0.272. The van der Waals surface area contributed by atoms with Gasteiger partial charge >= 0.3 is 17.9 Å². The van der Waals surface area contributed by atoms with Gasteiger partial charge in [-0.15, -0.1) is 0 Å². The molecule has 9 heteroatoms. The molecule has 0 fully saturated rings. The smallest absolute Gasteiger partial charge is 0.340 e. The molecule has 2 atom stereocenters. The minimum Gasteiger partial charge on any atom is -0.466 e. The van der Waals surface area contributed by atoms with E-state index in [1.165, 1.54) is 20.8 Å². The SMILES string of the molecule is CCOC(=O)CC(O)(C(=O)OCC)C(C(=O)OCC)C(=O)c1ccc(F)cc1. The number of benzene rings is 1. The van der Waals surface area contributed by atoms with E-state index in [1.54, 1.807) is 0 Å². The zero-order valence-corrected chi connectivity index (χ0v) is 15.9. The number of esters is 3. The predicted molar refractivity (Wildman–Crippen MR) is 93.7 cm³/mol. The fraction of sp³-hybridized carbons (Fsp3) is 0.474. The van der Waals surface area contributed by atoms with Crippen LogP contribution in [0.4, 0.5) is 4.39 Å². The van der Waals surface area contributed by atoms with Gasteiger partial charge in [0.2, 0.25) is 0 Å². The van der Waals surface area contributed by atoms with E-state index in [4.69, 9.17) is 14.2 Å². The average Bonchev–Trinajstić information content (AvgIpc) is 2.62. The summed E-state index contributed by atoms with van der Waals surface area (Å²) in [4.78, 5) is 49.8. The van der Waals surface area contributed by atoms with Crippen LogP contribution >= 0.6 is 0 Å². The van der Waals surface area contributed by atoms with Gasteiger partial charge in [-0.3, -0.25) is 14.4 Å². The van der Waals surface area contributed by atoms with Crippen LogP contribution in [0, 0.1) is 11.7 Å². The number of Topliss-reactive ketones (excluding diaryl/α,β-unsaturated/α-hetero) is 1. The summed E-state index contributed by atoms with van der Waals surface area (Å²) in [5, 5.41) is 11.0. The molecule has 1 aromatic rings. The van der Waals surface area contributed by atoms with Crippen molar-refractivity contribution < 1.29 is 42.9 Å². The third-order valence-electron chi connectivity index (χ3n) is 3.74. The number of halogens is 1. The second-order valence-electron chi connectivity index (χ2n) is 5.68. The molecule has 0 saturated carbocycles. The van der Waals surface area contributed by atoms with Crippen LogP contribution in [0.1, 0.15) is 37.6 Å². The van der Waals surface area contributed by atoms with Gasteiger partial charge in [0.15, 0.2) is 17.3 Å². The van der Waals surface area contributed by atoms with E-state index in [0.717, 1.165) is 24.3 Å². The molecule has 1 rings (SSSR count). The first-order valence-electron chi connectivity index (χ1n) is 8.72. The Bertz CT molecular complexity index is 715. The molecule has 0 aliphatic heterocycles. The van der Waals surface area contributed by atoms with Gasteiger partial charge in [-0.2, -0.15) is 0 Å². The van der Waals surface area contributed by atoms with Crippen molar-refractivity contribution in [1.82, 2.24) is 0 Å². The second kappa shape index (κ2) is 10.5. The van der Waals surface area contributed by atoms with Gasteiger partial charge in [-0.1, -0.05) is 0 Å². The van der Waals surface area contributed by atoms with Crippen LogP contribution in [0.25, 0.3) is 0 Å². The molecule has 154 valence electrons. The van der Waals surface area contributed by atoms with Crippen LogP contribution in [-0.4, -0.2) is 54.2 Å². The van der Waals surface area contributed by atoms with E-state index in [2.05, 4.69) is 0 Å². The highest BCUT2D eigenvalue weighted by atomic mass is 19.1. The van der Waals surface area contributed by atoms with Crippen LogP contribution in [0.15, 0.2) is 24.3 Å². The van der Waals surface area contributed by atoms with Crippen molar-refractivity contribution in [2.75, 3.05) is 19.8 Å². The van der Waals surface area contributed by atoms with E-state index >= 15 is 0 Å². The molecule has 0 amide bonds. The molecule has 0 aliphatic rings. The fourth-order valence-corrected chi connectivity index (χ4v) is 2.51. The highest BCUT2D eigenvalue weighted by molar-refractivity contribution is 6.13. The maximum Gasteiger partial charge on any atom is 0.340 e. The Labute approximate surface area is 161 Å². The molecule has 0 heterocycles. The van der Waals surface area contributed by atoms with Gasteiger partial charge in [0.05, 0.1) is 26.2 Å². The molecule has 2 unspecified atom stereocenters. The topological polar surface area (TPSA) is 116 Å². The first-order valence-corrected chi connectivity index (χ1v) is 8.72. The monoisotopic (exact) mass is 398 g/mol. The normalized spacial score (nSPS) is 13.8. The number of rotatable bonds is 10. The first kappa shape index (κ1) is 23.2. The zero-order valence-electron chi connectivity index (χ0n) is 15.9. The van der Waals surface area contributed by atoms with Crippen molar-refractivity contribution >= 4 is 23.7 Å². The van der Waals surface area contributed by atoms with Crippen molar-refractivity contribution in [2.45, 2.75) is 32.8 Å². The molecular formula is C19H23FO8. The van der Waals surface area contributed by atoms with Crippen LogP contribution < -0.4 is 0 Å². The molecular weight excluding hydrogens is 375 g/mol. The molecule has 0 aliphatic carbocycles. The predicted octanol–water partition coefficient (Wildman–Crippen LogP) is 1.44. The highest BCUT2D eigenvalue weighted by Gasteiger charge is 2.55. The summed E-state index contributed by atoms with van der Waals surface area (Å²) in [6.45, 7) is 4.05. The maximum absolute atomic E-state index is 13.2. The van der Waals surface area contributed by atoms with Gasteiger partial charge in [-0.25, -0.2) is 9.18 Å². The lowest BCUT2D eigenvalue weighted by Gasteiger charge is -2.30. The van der Waals surface area contributed by atoms with Gasteiger partial charge < -0.3 is 19.3 Å². The lowest BCUT2D eigenvalue weighted by molar-refractivity contribution is -0.182. The first-order chi connectivity index (χ1) is 13.2. The minimum absolute atomic E-state index is 0.0479. The van der Waals surface area contributed by atoms with E-state index in [-0.39, 0.29) is 25.4 Å². The number of carbonyl (C=O) groups is 4. The highest BCUT2D eigenvalue weighted by Crippen LogP contribution is 2.29. The number of hydrogen-bond donors (Lipinski definition) is 1. The molecule has 1 aromatic carbocycles. The van der Waals surface area contributed by atoms with Crippen molar-refractivity contribution in [2.24, 2.45) is 5.92 Å². The molecule has 0 saturated heterocycles. The minimum atomic E-state index is -2.86. The van der Waals surface area contributed by atoms with E-state index in [0.29, 0.717) is 0 Å². The molecule has 8 nitrogen and oxygen atoms in total. The van der Waals surface area contributed by atoms with Crippen molar-refractivity contribution in [3.05, 3.63) is 35.6 Å². The van der Waals surface area contributed by atoms with Crippen LogP contribution in [0.2, 0.25) is 0 Å². The molecule has 28 heavy (non-hydrogen) atoms. The van der Waals surface area contributed by atoms with Gasteiger partial charge in [0, 0.05) is 5.56 Å². The lowest BCUT2D eigenvalue weighted by atomic mass is 9.79. The van der Waals surface area contributed by atoms with Crippen molar-refractivity contribution in [3.8, 4) is 0 Å². The molecule has 0 spiro atoms. The van der Waals surface area contributed by atoms with Crippen LogP contribution in [0.5, 0.6) is 0 Å². The van der Waals surface area contributed by atoms with E-state index < -0.39 is 47.4 Å². The largest absolute Gasteiger partial charge is 0.466 e.